The van der Waals surface area contributed by atoms with Gasteiger partial charge in [0.05, 0.1) is 18.7 Å². The van der Waals surface area contributed by atoms with Crippen molar-refractivity contribution < 1.29 is 14.3 Å². The van der Waals surface area contributed by atoms with E-state index in [1.54, 1.807) is 20.9 Å². The Morgan fingerprint density at radius 1 is 1.27 bits per heavy atom. The first kappa shape index (κ1) is 15.8. The molecule has 0 saturated heterocycles. The quantitative estimate of drug-likeness (QED) is 0.858. The third-order valence-corrected chi connectivity index (χ3v) is 3.17. The lowest BCUT2D eigenvalue weighted by molar-refractivity contribution is -0.115. The van der Waals surface area contributed by atoms with Crippen LogP contribution in [0.2, 0.25) is 0 Å². The summed E-state index contributed by atoms with van der Waals surface area (Å²) in [6.45, 7) is 3.71. The number of nitrogens with one attached hydrogen (secondary N) is 1. The van der Waals surface area contributed by atoms with Crippen molar-refractivity contribution in [3.63, 3.8) is 0 Å². The fourth-order valence-corrected chi connectivity index (χ4v) is 2.21. The van der Waals surface area contributed by atoms with Crippen molar-refractivity contribution >= 4 is 17.7 Å². The van der Waals surface area contributed by atoms with Gasteiger partial charge >= 0.3 is 5.97 Å². The van der Waals surface area contributed by atoms with E-state index < -0.39 is 5.97 Å². The maximum atomic E-state index is 12.2. The molecule has 6 heteroatoms. The van der Waals surface area contributed by atoms with E-state index in [-0.39, 0.29) is 18.9 Å². The smallest absolute Gasteiger partial charge is 0.343 e. The Kier molecular flexibility index (Phi) is 4.93. The van der Waals surface area contributed by atoms with Crippen LogP contribution in [0.15, 0.2) is 30.3 Å². The minimum absolute atomic E-state index is 0.209. The Bertz CT molecular complexity index is 677. The fraction of sp³-hybridized carbons (Fsp3) is 0.312. The van der Waals surface area contributed by atoms with Crippen molar-refractivity contribution in [2.24, 2.45) is 7.05 Å². The van der Waals surface area contributed by atoms with Crippen molar-refractivity contribution in [1.29, 1.82) is 0 Å². The normalized spacial score (nSPS) is 10.3. The summed E-state index contributed by atoms with van der Waals surface area (Å²) in [5, 5.41) is 6.92. The highest BCUT2D eigenvalue weighted by molar-refractivity contribution is 6.01. The van der Waals surface area contributed by atoms with Crippen molar-refractivity contribution in [2.45, 2.75) is 20.3 Å². The third kappa shape index (κ3) is 3.52. The summed E-state index contributed by atoms with van der Waals surface area (Å²) in [5.41, 5.74) is 1.72. The molecule has 1 heterocycles. The van der Waals surface area contributed by atoms with Gasteiger partial charge in [0.1, 0.15) is 11.4 Å². The van der Waals surface area contributed by atoms with E-state index in [0.29, 0.717) is 17.1 Å². The number of carbonyl (C=O) groups excluding carboxylic acids is 2. The summed E-state index contributed by atoms with van der Waals surface area (Å²) in [6, 6.07) is 9.40. The number of rotatable bonds is 5. The second-order valence-electron chi connectivity index (χ2n) is 4.86. The molecule has 0 atom stereocenters. The lowest BCUT2D eigenvalue weighted by Crippen LogP contribution is -2.19. The molecule has 22 heavy (non-hydrogen) atoms. The number of aromatic nitrogens is 2. The lowest BCUT2D eigenvalue weighted by atomic mass is 10.1. The molecule has 0 fully saturated rings. The minimum Gasteiger partial charge on any atom is -0.462 e. The highest BCUT2D eigenvalue weighted by Crippen LogP contribution is 2.20. The van der Waals surface area contributed by atoms with Crippen molar-refractivity contribution in [3.05, 3.63) is 47.2 Å². The van der Waals surface area contributed by atoms with Crippen molar-refractivity contribution in [1.82, 2.24) is 9.78 Å². The average molecular weight is 301 g/mol. The number of carbonyl (C=O) groups is 2. The van der Waals surface area contributed by atoms with Gasteiger partial charge in [0.2, 0.25) is 5.91 Å². The zero-order valence-corrected chi connectivity index (χ0v) is 12.9. The number of amides is 1. The molecule has 2 rings (SSSR count). The van der Waals surface area contributed by atoms with Crippen LogP contribution in [-0.4, -0.2) is 28.3 Å². The number of anilines is 1. The highest BCUT2D eigenvalue weighted by atomic mass is 16.5. The van der Waals surface area contributed by atoms with Gasteiger partial charge in [-0.3, -0.25) is 9.48 Å². The monoisotopic (exact) mass is 301 g/mol. The standard InChI is InChI=1S/C16H19N3O3/c1-4-22-16(21)14-11(2)18-19(3)15(14)17-13(20)10-12-8-6-5-7-9-12/h5-9H,4,10H2,1-3H3,(H,17,20). The van der Waals surface area contributed by atoms with Gasteiger partial charge < -0.3 is 10.1 Å². The molecule has 0 saturated carbocycles. The Morgan fingerprint density at radius 3 is 2.59 bits per heavy atom. The van der Waals surface area contributed by atoms with E-state index in [9.17, 15) is 9.59 Å². The molecule has 2 aromatic rings. The van der Waals surface area contributed by atoms with E-state index in [0.717, 1.165) is 5.56 Å². The summed E-state index contributed by atoms with van der Waals surface area (Å²) in [4.78, 5) is 24.2. The zero-order valence-electron chi connectivity index (χ0n) is 12.9. The number of hydrogen-bond acceptors (Lipinski definition) is 4. The summed E-state index contributed by atoms with van der Waals surface area (Å²) < 4.78 is 6.50. The molecule has 1 aromatic heterocycles. The summed E-state index contributed by atoms with van der Waals surface area (Å²) in [5.74, 6) is -0.334. The van der Waals surface area contributed by atoms with Crippen molar-refractivity contribution in [3.8, 4) is 0 Å². The van der Waals surface area contributed by atoms with Crippen LogP contribution in [0.3, 0.4) is 0 Å². The SMILES string of the molecule is CCOC(=O)c1c(C)nn(C)c1NC(=O)Cc1ccccc1. The van der Waals surface area contributed by atoms with E-state index in [1.165, 1.54) is 4.68 Å². The van der Waals surface area contributed by atoms with Gasteiger partial charge in [-0.05, 0) is 19.4 Å². The molecule has 0 aliphatic carbocycles. The maximum Gasteiger partial charge on any atom is 0.343 e. The Balaban J connectivity index is 2.18. The molecule has 0 spiro atoms. The van der Waals surface area contributed by atoms with Crippen molar-refractivity contribution in [2.75, 3.05) is 11.9 Å². The number of esters is 1. The predicted octanol–water partition coefficient (Wildman–Crippen LogP) is 2.09. The van der Waals surface area contributed by atoms with Gasteiger partial charge in [0, 0.05) is 7.05 Å². The molecule has 1 amide bonds. The van der Waals surface area contributed by atoms with Gasteiger partial charge in [0.25, 0.3) is 0 Å². The molecule has 0 aliphatic rings. The van der Waals surface area contributed by atoms with Crippen LogP contribution in [0.4, 0.5) is 5.82 Å². The number of aryl methyl sites for hydroxylation is 2. The topological polar surface area (TPSA) is 73.2 Å². The molecule has 1 N–H and O–H groups in total. The van der Waals surface area contributed by atoms with Gasteiger partial charge in [-0.15, -0.1) is 0 Å². The number of ether oxygens (including phenoxy) is 1. The molecule has 0 bridgehead atoms. The largest absolute Gasteiger partial charge is 0.462 e. The first-order chi connectivity index (χ1) is 10.5. The van der Waals surface area contributed by atoms with E-state index in [4.69, 9.17) is 4.74 Å². The third-order valence-electron chi connectivity index (χ3n) is 3.17. The fourth-order valence-electron chi connectivity index (χ4n) is 2.21. The second-order valence-corrected chi connectivity index (χ2v) is 4.86. The maximum absolute atomic E-state index is 12.2. The van der Waals surface area contributed by atoms with Gasteiger partial charge in [-0.25, -0.2) is 4.79 Å². The Hall–Kier alpha value is -2.63. The van der Waals surface area contributed by atoms with Crippen LogP contribution < -0.4 is 5.32 Å². The first-order valence-electron chi connectivity index (χ1n) is 7.07. The molecular weight excluding hydrogens is 282 g/mol. The second kappa shape index (κ2) is 6.89. The summed E-state index contributed by atoms with van der Waals surface area (Å²) in [6.07, 6.45) is 0.229. The average Bonchev–Trinajstić information content (AvgIpc) is 2.74. The van der Waals surface area contributed by atoms with Crippen LogP contribution in [0.5, 0.6) is 0 Å². The van der Waals surface area contributed by atoms with Crippen LogP contribution in [-0.2, 0) is 23.0 Å². The Morgan fingerprint density at radius 2 is 1.95 bits per heavy atom. The highest BCUT2D eigenvalue weighted by Gasteiger charge is 2.22. The lowest BCUT2D eigenvalue weighted by Gasteiger charge is -2.08. The molecule has 0 radical (unpaired) electrons. The van der Waals surface area contributed by atoms with E-state index in [2.05, 4.69) is 10.4 Å². The molecule has 0 unspecified atom stereocenters. The summed E-state index contributed by atoms with van der Waals surface area (Å²) in [7, 11) is 1.67. The van der Waals surface area contributed by atoms with Crippen LogP contribution >= 0.6 is 0 Å². The Labute approximate surface area is 129 Å². The predicted molar refractivity (Wildman–Crippen MR) is 82.7 cm³/mol. The van der Waals surface area contributed by atoms with Crippen LogP contribution in [0.1, 0.15) is 28.5 Å². The number of benzene rings is 1. The van der Waals surface area contributed by atoms with Gasteiger partial charge in [-0.1, -0.05) is 30.3 Å². The molecule has 1 aromatic carbocycles. The molecule has 6 nitrogen and oxygen atoms in total. The summed E-state index contributed by atoms with van der Waals surface area (Å²) >= 11 is 0. The molecule has 0 aliphatic heterocycles. The number of nitrogens with zero attached hydrogens (tertiary/aromatic N) is 2. The molecular formula is C16H19N3O3. The minimum atomic E-state index is -0.483. The number of hydrogen-bond donors (Lipinski definition) is 1. The van der Waals surface area contributed by atoms with Crippen LogP contribution in [0, 0.1) is 6.92 Å². The first-order valence-corrected chi connectivity index (χ1v) is 7.07. The molecule has 116 valence electrons. The van der Waals surface area contributed by atoms with Gasteiger partial charge in [0.15, 0.2) is 0 Å². The van der Waals surface area contributed by atoms with Gasteiger partial charge in [-0.2, -0.15) is 5.10 Å². The van der Waals surface area contributed by atoms with Crippen LogP contribution in [0.25, 0.3) is 0 Å². The zero-order chi connectivity index (χ0) is 16.1. The van der Waals surface area contributed by atoms with E-state index >= 15 is 0 Å². The van der Waals surface area contributed by atoms with E-state index in [1.807, 2.05) is 30.3 Å².